The number of hydrogen-bond acceptors (Lipinski definition) is 3. The fourth-order valence-corrected chi connectivity index (χ4v) is 3.36. The zero-order valence-electron chi connectivity index (χ0n) is 10.3. The van der Waals surface area contributed by atoms with E-state index >= 15 is 0 Å². The summed E-state index contributed by atoms with van der Waals surface area (Å²) in [6.07, 6.45) is 2.46. The Labute approximate surface area is 102 Å². The summed E-state index contributed by atoms with van der Waals surface area (Å²) in [5.74, 6) is 1.09. The molecular weight excluding hydrogens is 212 g/mol. The van der Waals surface area contributed by atoms with Gasteiger partial charge in [-0.05, 0) is 55.6 Å². The highest BCUT2D eigenvalue weighted by atomic mass is 16.3. The van der Waals surface area contributed by atoms with Crippen molar-refractivity contribution in [2.24, 2.45) is 5.92 Å². The number of fused-ring (bicyclic) bond motifs is 1. The van der Waals surface area contributed by atoms with Gasteiger partial charge in [-0.25, -0.2) is 0 Å². The second-order valence-electron chi connectivity index (χ2n) is 5.53. The van der Waals surface area contributed by atoms with E-state index in [4.69, 9.17) is 0 Å². The molecular formula is C14H20N2O. The van der Waals surface area contributed by atoms with E-state index in [1.165, 1.54) is 24.1 Å². The van der Waals surface area contributed by atoms with Crippen LogP contribution in [0.3, 0.4) is 0 Å². The van der Waals surface area contributed by atoms with Gasteiger partial charge in [0, 0.05) is 17.6 Å². The number of anilines is 1. The normalized spacial score (nSPS) is 28.8. The van der Waals surface area contributed by atoms with E-state index < -0.39 is 0 Å². The topological polar surface area (TPSA) is 44.3 Å². The largest absolute Gasteiger partial charge is 0.508 e. The minimum Gasteiger partial charge on any atom is -0.508 e. The van der Waals surface area contributed by atoms with E-state index in [2.05, 4.69) is 17.6 Å². The third-order valence-corrected chi connectivity index (χ3v) is 4.50. The molecule has 0 bridgehead atoms. The third-order valence-electron chi connectivity index (χ3n) is 4.50. The van der Waals surface area contributed by atoms with Gasteiger partial charge in [0.25, 0.3) is 0 Å². The zero-order chi connectivity index (χ0) is 11.9. The van der Waals surface area contributed by atoms with Crippen molar-refractivity contribution in [3.8, 4) is 5.75 Å². The van der Waals surface area contributed by atoms with Crippen LogP contribution in [-0.4, -0.2) is 24.7 Å². The van der Waals surface area contributed by atoms with Gasteiger partial charge in [-0.3, -0.25) is 0 Å². The Balaban J connectivity index is 1.97. The van der Waals surface area contributed by atoms with Crippen molar-refractivity contribution in [2.45, 2.75) is 25.2 Å². The molecule has 3 rings (SSSR count). The van der Waals surface area contributed by atoms with Gasteiger partial charge in [0.1, 0.15) is 5.75 Å². The van der Waals surface area contributed by atoms with Crippen LogP contribution in [0.4, 0.5) is 5.69 Å². The summed E-state index contributed by atoms with van der Waals surface area (Å²) in [6.45, 7) is 5.57. The maximum atomic E-state index is 9.69. The van der Waals surface area contributed by atoms with Gasteiger partial charge < -0.3 is 15.7 Å². The van der Waals surface area contributed by atoms with Crippen molar-refractivity contribution < 1.29 is 5.11 Å². The fraction of sp³-hybridized carbons (Fsp3) is 0.571. The van der Waals surface area contributed by atoms with Gasteiger partial charge >= 0.3 is 0 Å². The molecule has 92 valence electrons. The highest BCUT2D eigenvalue weighted by Gasteiger charge is 2.41. The molecule has 17 heavy (non-hydrogen) atoms. The molecule has 0 saturated carbocycles. The highest BCUT2D eigenvalue weighted by molar-refractivity contribution is 5.62. The molecule has 0 radical (unpaired) electrons. The lowest BCUT2D eigenvalue weighted by Crippen LogP contribution is -2.41. The zero-order valence-corrected chi connectivity index (χ0v) is 10.3. The first-order chi connectivity index (χ1) is 8.20. The van der Waals surface area contributed by atoms with Crippen molar-refractivity contribution in [3.63, 3.8) is 0 Å². The lowest BCUT2D eigenvalue weighted by atomic mass is 9.69. The number of piperidine rings is 1. The van der Waals surface area contributed by atoms with Crippen molar-refractivity contribution >= 4 is 5.69 Å². The summed E-state index contributed by atoms with van der Waals surface area (Å²) in [7, 11) is 0. The lowest BCUT2D eigenvalue weighted by Gasteiger charge is -2.37. The van der Waals surface area contributed by atoms with Crippen LogP contribution in [0.2, 0.25) is 0 Å². The van der Waals surface area contributed by atoms with Crippen LogP contribution in [-0.2, 0) is 5.41 Å². The average Bonchev–Trinajstić information content (AvgIpc) is 2.70. The molecule has 2 aliphatic rings. The number of nitrogens with one attached hydrogen (secondary N) is 2. The van der Waals surface area contributed by atoms with E-state index in [-0.39, 0.29) is 5.41 Å². The molecule has 3 nitrogen and oxygen atoms in total. The van der Waals surface area contributed by atoms with Crippen LogP contribution in [0.15, 0.2) is 18.2 Å². The number of phenolic OH excluding ortho intramolecular Hbond substituents is 1. The van der Waals surface area contributed by atoms with Gasteiger partial charge in [-0.2, -0.15) is 0 Å². The van der Waals surface area contributed by atoms with Crippen molar-refractivity contribution in [2.75, 3.05) is 25.0 Å². The smallest absolute Gasteiger partial charge is 0.116 e. The van der Waals surface area contributed by atoms with Crippen molar-refractivity contribution in [3.05, 3.63) is 23.8 Å². The molecule has 0 amide bonds. The molecule has 3 N–H and O–H groups in total. The maximum absolute atomic E-state index is 9.69. The van der Waals surface area contributed by atoms with Gasteiger partial charge in [-0.15, -0.1) is 0 Å². The van der Waals surface area contributed by atoms with E-state index in [1.807, 2.05) is 12.1 Å². The summed E-state index contributed by atoms with van der Waals surface area (Å²) < 4.78 is 0. The predicted octanol–water partition coefficient (Wildman–Crippen LogP) is 2.07. The van der Waals surface area contributed by atoms with E-state index in [0.717, 1.165) is 19.6 Å². The summed E-state index contributed by atoms with van der Waals surface area (Å²) in [4.78, 5) is 0. The van der Waals surface area contributed by atoms with Crippen molar-refractivity contribution in [1.82, 2.24) is 5.32 Å². The van der Waals surface area contributed by atoms with Crippen LogP contribution in [0.5, 0.6) is 5.75 Å². The number of benzene rings is 1. The molecule has 2 heterocycles. The monoisotopic (exact) mass is 232 g/mol. The third kappa shape index (κ3) is 1.69. The van der Waals surface area contributed by atoms with Gasteiger partial charge in [-0.1, -0.05) is 6.92 Å². The summed E-state index contributed by atoms with van der Waals surface area (Å²) in [5, 5.41) is 16.6. The molecule has 1 unspecified atom stereocenters. The minimum absolute atomic E-state index is 0.177. The highest BCUT2D eigenvalue weighted by Crippen LogP contribution is 2.45. The Kier molecular flexibility index (Phi) is 2.51. The Bertz CT molecular complexity index is 426. The quantitative estimate of drug-likeness (QED) is 0.650. The summed E-state index contributed by atoms with van der Waals surface area (Å²) >= 11 is 0. The first kappa shape index (κ1) is 10.9. The average molecular weight is 232 g/mol. The van der Waals surface area contributed by atoms with E-state index in [0.29, 0.717) is 11.7 Å². The Morgan fingerprint density at radius 3 is 2.82 bits per heavy atom. The molecule has 1 atom stereocenters. The van der Waals surface area contributed by atoms with Gasteiger partial charge in [0.05, 0.1) is 0 Å². The number of hydrogen-bond donors (Lipinski definition) is 3. The Morgan fingerprint density at radius 2 is 2.06 bits per heavy atom. The molecule has 3 heteroatoms. The molecule has 0 aromatic heterocycles. The van der Waals surface area contributed by atoms with E-state index in [1.54, 1.807) is 6.07 Å². The lowest BCUT2D eigenvalue weighted by molar-refractivity contribution is 0.246. The first-order valence-corrected chi connectivity index (χ1v) is 6.48. The molecule has 1 fully saturated rings. The predicted molar refractivity (Wildman–Crippen MR) is 69.5 cm³/mol. The van der Waals surface area contributed by atoms with E-state index in [9.17, 15) is 5.11 Å². The second kappa shape index (κ2) is 3.91. The number of rotatable bonds is 1. The molecule has 2 aliphatic heterocycles. The van der Waals surface area contributed by atoms with Crippen LogP contribution in [0.25, 0.3) is 0 Å². The SMILES string of the molecule is CC1(C2CCNCC2)CNc2ccc(O)cc21. The van der Waals surface area contributed by atoms with Gasteiger partial charge in [0.15, 0.2) is 0 Å². The van der Waals surface area contributed by atoms with Gasteiger partial charge in [0.2, 0.25) is 0 Å². The molecule has 1 saturated heterocycles. The first-order valence-electron chi connectivity index (χ1n) is 6.48. The summed E-state index contributed by atoms with van der Waals surface area (Å²) in [5.41, 5.74) is 2.67. The minimum atomic E-state index is 0.177. The van der Waals surface area contributed by atoms with Crippen LogP contribution in [0, 0.1) is 5.92 Å². The second-order valence-corrected chi connectivity index (χ2v) is 5.53. The summed E-state index contributed by atoms with van der Waals surface area (Å²) in [6, 6.07) is 5.70. The number of aromatic hydroxyl groups is 1. The molecule has 0 spiro atoms. The van der Waals surface area contributed by atoms with Crippen LogP contribution in [0.1, 0.15) is 25.3 Å². The Morgan fingerprint density at radius 1 is 1.29 bits per heavy atom. The van der Waals surface area contributed by atoms with Crippen LogP contribution < -0.4 is 10.6 Å². The molecule has 1 aromatic carbocycles. The standard InChI is InChI=1S/C14H20N2O/c1-14(10-4-6-15-7-5-10)9-16-13-3-2-11(17)8-12(13)14/h2-3,8,10,15-17H,4-7,9H2,1H3. The maximum Gasteiger partial charge on any atom is 0.116 e. The molecule has 1 aromatic rings. The van der Waals surface area contributed by atoms with Crippen molar-refractivity contribution in [1.29, 1.82) is 0 Å². The van der Waals surface area contributed by atoms with Crippen LogP contribution >= 0.6 is 0 Å². The fourth-order valence-electron chi connectivity index (χ4n) is 3.36. The Hall–Kier alpha value is -1.22. The molecule has 0 aliphatic carbocycles. The number of phenols is 1.